The predicted octanol–water partition coefficient (Wildman–Crippen LogP) is 1.95. The van der Waals surface area contributed by atoms with Gasteiger partial charge in [0.25, 0.3) is 0 Å². The van der Waals surface area contributed by atoms with E-state index in [4.69, 9.17) is 0 Å². The number of hydrogen-bond donors (Lipinski definition) is 1. The quantitative estimate of drug-likeness (QED) is 0.737. The molecule has 2 heterocycles. The van der Waals surface area contributed by atoms with Crippen LogP contribution in [0.25, 0.3) is 5.69 Å². The Hall–Kier alpha value is -2.48. The highest BCUT2D eigenvalue weighted by molar-refractivity contribution is 7.99. The first-order chi connectivity index (χ1) is 10.3. The van der Waals surface area contributed by atoms with Crippen LogP contribution in [0, 0.1) is 6.92 Å². The van der Waals surface area contributed by atoms with Crippen molar-refractivity contribution in [1.82, 2.24) is 30.2 Å². The summed E-state index contributed by atoms with van der Waals surface area (Å²) in [6, 6.07) is 11.6. The van der Waals surface area contributed by atoms with Crippen LogP contribution in [0.2, 0.25) is 0 Å². The molecule has 8 heteroatoms. The van der Waals surface area contributed by atoms with Crippen molar-refractivity contribution < 1.29 is 0 Å². The Kier molecular flexibility index (Phi) is 3.78. The number of benzene rings is 1. The fourth-order valence-corrected chi connectivity index (χ4v) is 2.63. The van der Waals surface area contributed by atoms with Crippen molar-refractivity contribution in [3.8, 4) is 5.69 Å². The van der Waals surface area contributed by atoms with Crippen LogP contribution in [-0.2, 0) is 0 Å². The minimum absolute atomic E-state index is 0.654. The summed E-state index contributed by atoms with van der Waals surface area (Å²) >= 11 is 1.40. The topological polar surface area (TPSA) is 81.4 Å². The first-order valence-corrected chi connectivity index (χ1v) is 7.13. The summed E-state index contributed by atoms with van der Waals surface area (Å²) in [4.78, 5) is 8.66. The number of tetrazole rings is 1. The van der Waals surface area contributed by atoms with E-state index in [2.05, 4.69) is 30.8 Å². The maximum Gasteiger partial charge on any atom is 0.220 e. The van der Waals surface area contributed by atoms with E-state index in [0.29, 0.717) is 11.0 Å². The summed E-state index contributed by atoms with van der Waals surface area (Å²) in [5, 5.41) is 16.3. The van der Waals surface area contributed by atoms with Gasteiger partial charge in [-0.3, -0.25) is 0 Å². The normalized spacial score (nSPS) is 10.6. The average Bonchev–Trinajstić information content (AvgIpc) is 2.95. The lowest BCUT2D eigenvalue weighted by atomic mass is 10.3. The molecule has 0 radical (unpaired) electrons. The van der Waals surface area contributed by atoms with Gasteiger partial charge in [-0.25, -0.2) is 9.97 Å². The van der Waals surface area contributed by atoms with Gasteiger partial charge < -0.3 is 5.32 Å². The summed E-state index contributed by atoms with van der Waals surface area (Å²) in [6.07, 6.45) is 0. The van der Waals surface area contributed by atoms with Crippen molar-refractivity contribution >= 4 is 17.6 Å². The van der Waals surface area contributed by atoms with Crippen LogP contribution in [0.5, 0.6) is 0 Å². The lowest BCUT2D eigenvalue weighted by molar-refractivity contribution is 0.755. The number of para-hydroxylation sites is 1. The zero-order valence-electron chi connectivity index (χ0n) is 11.6. The molecule has 0 amide bonds. The Bertz CT molecular complexity index is 741. The molecule has 0 unspecified atom stereocenters. The van der Waals surface area contributed by atoms with E-state index in [-0.39, 0.29) is 0 Å². The Morgan fingerprint density at radius 3 is 2.71 bits per heavy atom. The number of anilines is 1. The number of nitrogens with zero attached hydrogens (tertiary/aromatic N) is 6. The van der Waals surface area contributed by atoms with E-state index < -0.39 is 0 Å². The first-order valence-electron chi connectivity index (χ1n) is 6.31. The van der Waals surface area contributed by atoms with Crippen molar-refractivity contribution in [2.24, 2.45) is 0 Å². The van der Waals surface area contributed by atoms with Crippen LogP contribution in [0.4, 0.5) is 5.82 Å². The molecule has 0 atom stereocenters. The van der Waals surface area contributed by atoms with E-state index in [1.54, 1.807) is 4.68 Å². The molecule has 1 aromatic carbocycles. The molecule has 0 saturated heterocycles. The van der Waals surface area contributed by atoms with Crippen molar-refractivity contribution in [2.45, 2.75) is 17.1 Å². The highest BCUT2D eigenvalue weighted by Crippen LogP contribution is 2.26. The molecule has 3 aromatic rings. The van der Waals surface area contributed by atoms with Crippen LogP contribution in [0.1, 0.15) is 5.82 Å². The Morgan fingerprint density at radius 2 is 1.95 bits per heavy atom. The molecule has 2 aromatic heterocycles. The van der Waals surface area contributed by atoms with Gasteiger partial charge in [0.2, 0.25) is 5.16 Å². The van der Waals surface area contributed by atoms with Crippen LogP contribution < -0.4 is 5.32 Å². The van der Waals surface area contributed by atoms with Gasteiger partial charge in [-0.1, -0.05) is 18.2 Å². The van der Waals surface area contributed by atoms with Crippen molar-refractivity contribution in [2.75, 3.05) is 12.4 Å². The van der Waals surface area contributed by atoms with Gasteiger partial charge in [0, 0.05) is 13.1 Å². The molecule has 7 nitrogen and oxygen atoms in total. The molecule has 0 spiro atoms. The smallest absolute Gasteiger partial charge is 0.220 e. The lowest BCUT2D eigenvalue weighted by Crippen LogP contribution is -2.00. The zero-order valence-corrected chi connectivity index (χ0v) is 12.4. The highest BCUT2D eigenvalue weighted by Gasteiger charge is 2.11. The van der Waals surface area contributed by atoms with E-state index in [9.17, 15) is 0 Å². The minimum atomic E-state index is 0.654. The number of rotatable bonds is 4. The Morgan fingerprint density at radius 1 is 1.14 bits per heavy atom. The Balaban J connectivity index is 1.93. The molecule has 0 saturated carbocycles. The van der Waals surface area contributed by atoms with Crippen molar-refractivity contribution in [3.63, 3.8) is 0 Å². The van der Waals surface area contributed by atoms with Gasteiger partial charge in [0.15, 0.2) is 0 Å². The van der Waals surface area contributed by atoms with Gasteiger partial charge in [-0.2, -0.15) is 4.68 Å². The minimum Gasteiger partial charge on any atom is -0.373 e. The van der Waals surface area contributed by atoms with Crippen LogP contribution >= 0.6 is 11.8 Å². The second-order valence-corrected chi connectivity index (χ2v) is 5.19. The van der Waals surface area contributed by atoms with Gasteiger partial charge in [0.1, 0.15) is 16.7 Å². The SMILES string of the molecule is CNc1cc(Sc2nnnn2-c2ccccc2)nc(C)n1. The Labute approximate surface area is 125 Å². The number of aryl methyl sites for hydroxylation is 1. The summed E-state index contributed by atoms with van der Waals surface area (Å²) < 4.78 is 1.68. The number of aromatic nitrogens is 6. The molecule has 0 aliphatic heterocycles. The van der Waals surface area contributed by atoms with E-state index in [0.717, 1.165) is 16.5 Å². The molecule has 106 valence electrons. The van der Waals surface area contributed by atoms with Crippen LogP contribution in [-0.4, -0.2) is 37.2 Å². The van der Waals surface area contributed by atoms with Crippen molar-refractivity contribution in [1.29, 1.82) is 0 Å². The second kappa shape index (κ2) is 5.88. The number of hydrogen-bond acceptors (Lipinski definition) is 7. The lowest BCUT2D eigenvalue weighted by Gasteiger charge is -2.05. The number of nitrogens with one attached hydrogen (secondary N) is 1. The highest BCUT2D eigenvalue weighted by atomic mass is 32.2. The molecule has 0 bridgehead atoms. The fourth-order valence-electron chi connectivity index (χ4n) is 1.79. The average molecular weight is 299 g/mol. The molecule has 21 heavy (non-hydrogen) atoms. The van der Waals surface area contributed by atoms with Crippen molar-refractivity contribution in [3.05, 3.63) is 42.2 Å². The summed E-state index contributed by atoms with van der Waals surface area (Å²) in [5.74, 6) is 1.46. The van der Waals surface area contributed by atoms with Gasteiger partial charge in [0.05, 0.1) is 5.69 Å². The second-order valence-electron chi connectivity index (χ2n) is 4.20. The molecule has 0 fully saturated rings. The third-order valence-electron chi connectivity index (χ3n) is 2.71. The molecule has 1 N–H and O–H groups in total. The maximum atomic E-state index is 4.39. The summed E-state index contributed by atoms with van der Waals surface area (Å²) in [6.45, 7) is 1.85. The third kappa shape index (κ3) is 3.00. The van der Waals surface area contributed by atoms with E-state index in [1.165, 1.54) is 11.8 Å². The molecule has 0 aliphatic carbocycles. The largest absolute Gasteiger partial charge is 0.373 e. The summed E-state index contributed by atoms with van der Waals surface area (Å²) in [7, 11) is 1.82. The zero-order chi connectivity index (χ0) is 14.7. The monoisotopic (exact) mass is 299 g/mol. The van der Waals surface area contributed by atoms with Gasteiger partial charge in [-0.05, 0) is 41.2 Å². The maximum absolute atomic E-state index is 4.39. The van der Waals surface area contributed by atoms with Gasteiger partial charge in [-0.15, -0.1) is 5.10 Å². The molecular weight excluding hydrogens is 286 g/mol. The standard InChI is InChI=1S/C13H13N7S/c1-9-15-11(14-2)8-12(16-9)21-13-17-18-19-20(13)10-6-4-3-5-7-10/h3-8H,1-2H3,(H,14,15,16). The van der Waals surface area contributed by atoms with Gasteiger partial charge >= 0.3 is 0 Å². The fraction of sp³-hybridized carbons (Fsp3) is 0.154. The summed E-state index contributed by atoms with van der Waals surface area (Å²) in [5.41, 5.74) is 0.907. The molecule has 3 rings (SSSR count). The third-order valence-corrected chi connectivity index (χ3v) is 3.56. The molecular formula is C13H13N7S. The predicted molar refractivity (Wildman–Crippen MR) is 79.6 cm³/mol. The first kappa shape index (κ1) is 13.5. The van der Waals surface area contributed by atoms with Crippen LogP contribution in [0.15, 0.2) is 46.6 Å². The van der Waals surface area contributed by atoms with Crippen LogP contribution in [0.3, 0.4) is 0 Å². The molecule has 0 aliphatic rings. The van der Waals surface area contributed by atoms with E-state index >= 15 is 0 Å². The van der Waals surface area contributed by atoms with E-state index in [1.807, 2.05) is 50.4 Å².